The average Bonchev–Trinajstić information content (AvgIpc) is 2.20. The van der Waals surface area contributed by atoms with Gasteiger partial charge in [-0.2, -0.15) is 0 Å². The summed E-state index contributed by atoms with van der Waals surface area (Å²) in [5, 5.41) is 0. The van der Waals surface area contributed by atoms with Gasteiger partial charge in [0.1, 0.15) is 5.75 Å². The summed E-state index contributed by atoms with van der Waals surface area (Å²) in [6, 6.07) is 8.23. The number of ether oxygens (including phenoxy) is 1. The van der Waals surface area contributed by atoms with Crippen molar-refractivity contribution in [2.75, 3.05) is 12.3 Å². The van der Waals surface area contributed by atoms with Crippen LogP contribution in [-0.4, -0.2) is 18.4 Å². The Kier molecular flexibility index (Phi) is 5.58. The number of benzene rings is 1. The van der Waals surface area contributed by atoms with E-state index in [1.807, 2.05) is 37.7 Å². The van der Waals surface area contributed by atoms with Crippen LogP contribution >= 0.6 is 11.8 Å². The first-order valence-corrected chi connectivity index (χ1v) is 6.30. The monoisotopic (exact) mass is 225 g/mol. The van der Waals surface area contributed by atoms with Crippen molar-refractivity contribution in [2.24, 2.45) is 5.73 Å². The predicted molar refractivity (Wildman–Crippen MR) is 66.6 cm³/mol. The van der Waals surface area contributed by atoms with E-state index in [0.717, 1.165) is 24.5 Å². The van der Waals surface area contributed by atoms with Gasteiger partial charge in [0.25, 0.3) is 0 Å². The lowest BCUT2D eigenvalue weighted by atomic mass is 10.3. The zero-order valence-electron chi connectivity index (χ0n) is 9.40. The Morgan fingerprint density at radius 2 is 1.93 bits per heavy atom. The summed E-state index contributed by atoms with van der Waals surface area (Å²) in [7, 11) is 0. The summed E-state index contributed by atoms with van der Waals surface area (Å²) in [6.45, 7) is 4.83. The summed E-state index contributed by atoms with van der Waals surface area (Å²) in [6.07, 6.45) is 1.30. The van der Waals surface area contributed by atoms with Crippen LogP contribution in [-0.2, 0) is 0 Å². The third-order valence-electron chi connectivity index (χ3n) is 1.81. The summed E-state index contributed by atoms with van der Waals surface area (Å²) in [4.78, 5) is 1.28. The summed E-state index contributed by atoms with van der Waals surface area (Å²) < 4.78 is 5.57. The second-order valence-electron chi connectivity index (χ2n) is 3.63. The molecule has 0 heterocycles. The molecule has 2 N–H and O–H groups in total. The SMILES string of the molecule is CC(C)Oc1ccc(SCCCN)cc1. The van der Waals surface area contributed by atoms with E-state index in [9.17, 15) is 0 Å². The van der Waals surface area contributed by atoms with E-state index in [-0.39, 0.29) is 6.10 Å². The molecular formula is C12H19NOS. The van der Waals surface area contributed by atoms with E-state index in [1.54, 1.807) is 0 Å². The Hall–Kier alpha value is -0.670. The van der Waals surface area contributed by atoms with Crippen LogP contribution in [0.5, 0.6) is 5.75 Å². The minimum Gasteiger partial charge on any atom is -0.491 e. The molecular weight excluding hydrogens is 206 g/mol. The average molecular weight is 225 g/mol. The van der Waals surface area contributed by atoms with Gasteiger partial charge in [-0.15, -0.1) is 11.8 Å². The first-order valence-electron chi connectivity index (χ1n) is 5.32. The van der Waals surface area contributed by atoms with Gasteiger partial charge in [-0.3, -0.25) is 0 Å². The maximum Gasteiger partial charge on any atom is 0.119 e. The highest BCUT2D eigenvalue weighted by Gasteiger charge is 1.98. The van der Waals surface area contributed by atoms with E-state index in [0.29, 0.717) is 0 Å². The van der Waals surface area contributed by atoms with E-state index in [2.05, 4.69) is 12.1 Å². The Balaban J connectivity index is 2.42. The molecule has 0 aliphatic carbocycles. The Bertz CT molecular complexity index is 271. The Morgan fingerprint density at radius 3 is 2.47 bits per heavy atom. The number of hydrogen-bond donors (Lipinski definition) is 1. The zero-order chi connectivity index (χ0) is 11.1. The highest BCUT2D eigenvalue weighted by atomic mass is 32.2. The van der Waals surface area contributed by atoms with Crippen LogP contribution in [0.25, 0.3) is 0 Å². The van der Waals surface area contributed by atoms with Gasteiger partial charge in [-0.05, 0) is 56.8 Å². The molecule has 0 bridgehead atoms. The molecule has 0 aliphatic heterocycles. The van der Waals surface area contributed by atoms with Gasteiger partial charge in [0.2, 0.25) is 0 Å². The first-order chi connectivity index (χ1) is 7.22. The van der Waals surface area contributed by atoms with E-state index >= 15 is 0 Å². The van der Waals surface area contributed by atoms with Crippen LogP contribution in [0.3, 0.4) is 0 Å². The molecule has 0 amide bonds. The van der Waals surface area contributed by atoms with Crippen LogP contribution in [0.4, 0.5) is 0 Å². The standard InChI is InChI=1S/C12H19NOS/c1-10(2)14-11-4-6-12(7-5-11)15-9-3-8-13/h4-7,10H,3,8-9,13H2,1-2H3. The van der Waals surface area contributed by atoms with Crippen molar-refractivity contribution < 1.29 is 4.74 Å². The number of thioether (sulfide) groups is 1. The molecule has 15 heavy (non-hydrogen) atoms. The molecule has 1 aromatic rings. The van der Waals surface area contributed by atoms with E-state index < -0.39 is 0 Å². The molecule has 1 rings (SSSR count). The lowest BCUT2D eigenvalue weighted by Crippen LogP contribution is -2.05. The summed E-state index contributed by atoms with van der Waals surface area (Å²) in [5.41, 5.74) is 5.44. The molecule has 84 valence electrons. The summed E-state index contributed by atoms with van der Waals surface area (Å²) >= 11 is 1.84. The van der Waals surface area contributed by atoms with Crippen LogP contribution < -0.4 is 10.5 Å². The van der Waals surface area contributed by atoms with E-state index in [4.69, 9.17) is 10.5 Å². The number of nitrogens with two attached hydrogens (primary N) is 1. The fourth-order valence-corrected chi connectivity index (χ4v) is 2.04. The van der Waals surface area contributed by atoms with Crippen molar-refractivity contribution in [3.8, 4) is 5.75 Å². The largest absolute Gasteiger partial charge is 0.491 e. The number of rotatable bonds is 6. The molecule has 0 aromatic heterocycles. The Labute approximate surface area is 96.2 Å². The van der Waals surface area contributed by atoms with Gasteiger partial charge in [0.05, 0.1) is 6.10 Å². The fraction of sp³-hybridized carbons (Fsp3) is 0.500. The molecule has 0 radical (unpaired) electrons. The van der Waals surface area contributed by atoms with Crippen molar-refractivity contribution in [1.29, 1.82) is 0 Å². The molecule has 0 saturated heterocycles. The summed E-state index contributed by atoms with van der Waals surface area (Å²) in [5.74, 6) is 2.02. The van der Waals surface area contributed by atoms with Crippen LogP contribution in [0.2, 0.25) is 0 Å². The molecule has 0 fully saturated rings. The minimum atomic E-state index is 0.237. The van der Waals surface area contributed by atoms with Gasteiger partial charge in [0, 0.05) is 4.90 Å². The van der Waals surface area contributed by atoms with Crippen molar-refractivity contribution >= 4 is 11.8 Å². The third-order valence-corrected chi connectivity index (χ3v) is 2.91. The molecule has 3 heteroatoms. The molecule has 2 nitrogen and oxygen atoms in total. The molecule has 0 spiro atoms. The van der Waals surface area contributed by atoms with E-state index in [1.165, 1.54) is 4.90 Å². The molecule has 0 unspecified atom stereocenters. The second kappa shape index (κ2) is 6.75. The zero-order valence-corrected chi connectivity index (χ0v) is 10.2. The van der Waals surface area contributed by atoms with Crippen LogP contribution in [0.1, 0.15) is 20.3 Å². The first kappa shape index (κ1) is 12.4. The molecule has 0 aliphatic rings. The smallest absolute Gasteiger partial charge is 0.119 e. The quantitative estimate of drug-likeness (QED) is 0.597. The van der Waals surface area contributed by atoms with Crippen molar-refractivity contribution in [3.05, 3.63) is 24.3 Å². The topological polar surface area (TPSA) is 35.2 Å². The van der Waals surface area contributed by atoms with Crippen molar-refractivity contribution in [2.45, 2.75) is 31.3 Å². The van der Waals surface area contributed by atoms with Crippen LogP contribution in [0, 0.1) is 0 Å². The van der Waals surface area contributed by atoms with Gasteiger partial charge in [0.15, 0.2) is 0 Å². The predicted octanol–water partition coefficient (Wildman–Crippen LogP) is 2.91. The van der Waals surface area contributed by atoms with Gasteiger partial charge < -0.3 is 10.5 Å². The molecule has 1 aromatic carbocycles. The van der Waals surface area contributed by atoms with Crippen molar-refractivity contribution in [1.82, 2.24) is 0 Å². The second-order valence-corrected chi connectivity index (χ2v) is 4.80. The van der Waals surface area contributed by atoms with Gasteiger partial charge in [-0.25, -0.2) is 0 Å². The minimum absolute atomic E-state index is 0.237. The lowest BCUT2D eigenvalue weighted by Gasteiger charge is -2.09. The molecule has 0 saturated carbocycles. The Morgan fingerprint density at radius 1 is 1.27 bits per heavy atom. The molecule has 0 atom stereocenters. The van der Waals surface area contributed by atoms with Crippen molar-refractivity contribution in [3.63, 3.8) is 0 Å². The highest BCUT2D eigenvalue weighted by molar-refractivity contribution is 7.99. The third kappa shape index (κ3) is 5.09. The lowest BCUT2D eigenvalue weighted by molar-refractivity contribution is 0.242. The fourth-order valence-electron chi connectivity index (χ4n) is 1.16. The highest BCUT2D eigenvalue weighted by Crippen LogP contribution is 2.22. The van der Waals surface area contributed by atoms with Crippen LogP contribution in [0.15, 0.2) is 29.2 Å². The normalized spacial score (nSPS) is 10.7. The van der Waals surface area contributed by atoms with Gasteiger partial charge in [-0.1, -0.05) is 0 Å². The maximum absolute atomic E-state index is 5.57. The number of hydrogen-bond acceptors (Lipinski definition) is 3. The van der Waals surface area contributed by atoms with Gasteiger partial charge >= 0.3 is 0 Å². The maximum atomic E-state index is 5.57.